The van der Waals surface area contributed by atoms with Crippen LogP contribution in [0.3, 0.4) is 0 Å². The van der Waals surface area contributed by atoms with Crippen molar-refractivity contribution < 1.29 is 18.7 Å². The highest BCUT2D eigenvalue weighted by Crippen LogP contribution is 2.32. The Labute approximate surface area is 151 Å². The number of furan rings is 1. The van der Waals surface area contributed by atoms with Crippen molar-refractivity contribution in [3.8, 4) is 0 Å². The lowest BCUT2D eigenvalue weighted by molar-refractivity contribution is -0.139. The van der Waals surface area contributed by atoms with E-state index in [1.807, 2.05) is 4.90 Å². The van der Waals surface area contributed by atoms with Crippen LogP contribution in [0.1, 0.15) is 25.6 Å². The third kappa shape index (κ3) is 3.24. The fraction of sp³-hybridized carbons (Fsp3) is 0.471. The van der Waals surface area contributed by atoms with Gasteiger partial charge in [0.2, 0.25) is 5.96 Å². The summed E-state index contributed by atoms with van der Waals surface area (Å²) in [5, 5.41) is 3.17. The van der Waals surface area contributed by atoms with Gasteiger partial charge in [0.15, 0.2) is 0 Å². The summed E-state index contributed by atoms with van der Waals surface area (Å²) < 4.78 is 10.7. The fourth-order valence-corrected chi connectivity index (χ4v) is 3.05. The molecule has 1 fully saturated rings. The molecule has 140 valence electrons. The average molecular weight is 361 g/mol. The van der Waals surface area contributed by atoms with E-state index in [0.29, 0.717) is 36.3 Å². The number of nitrogens with zero attached hydrogens (tertiary/aromatic N) is 4. The van der Waals surface area contributed by atoms with Gasteiger partial charge in [0.1, 0.15) is 11.8 Å². The fourth-order valence-electron chi connectivity index (χ4n) is 3.05. The average Bonchev–Trinajstić information content (AvgIpc) is 3.13. The zero-order valence-corrected chi connectivity index (χ0v) is 15.4. The molecule has 0 spiro atoms. The molecule has 2 aliphatic heterocycles. The van der Waals surface area contributed by atoms with Gasteiger partial charge in [-0.1, -0.05) is 0 Å². The summed E-state index contributed by atoms with van der Waals surface area (Å²) in [4.78, 5) is 34.2. The highest BCUT2D eigenvalue weighted by atomic mass is 16.5. The molecular formula is C17H23N5O4. The number of allylic oxidation sites excluding steroid dienone is 1. The largest absolute Gasteiger partial charge is 0.467 e. The standard InChI is InChI=1S/C17H23N5O4/c1-5-25-15(23)13-11(2)18-16(19-14(13)12-7-6-8-26-12)22-9-20(3)17(24)21(4)10-22/h6-8,14H,5,9-10H2,1-4H3,(H,18,19). The van der Waals surface area contributed by atoms with Gasteiger partial charge in [-0.3, -0.25) is 0 Å². The Kier molecular flexibility index (Phi) is 4.88. The van der Waals surface area contributed by atoms with Crippen LogP contribution < -0.4 is 5.32 Å². The highest BCUT2D eigenvalue weighted by molar-refractivity contribution is 5.95. The number of esters is 1. The Hall–Kier alpha value is -2.97. The molecule has 0 aliphatic carbocycles. The Morgan fingerprint density at radius 1 is 1.38 bits per heavy atom. The summed E-state index contributed by atoms with van der Waals surface area (Å²) in [6.07, 6.45) is 1.55. The smallest absolute Gasteiger partial charge is 0.338 e. The number of urea groups is 1. The number of amides is 2. The number of guanidine groups is 1. The summed E-state index contributed by atoms with van der Waals surface area (Å²) >= 11 is 0. The highest BCUT2D eigenvalue weighted by Gasteiger charge is 2.35. The number of hydrogen-bond donors (Lipinski definition) is 1. The normalized spacial score (nSPS) is 20.9. The first kappa shape index (κ1) is 17.8. The van der Waals surface area contributed by atoms with E-state index >= 15 is 0 Å². The van der Waals surface area contributed by atoms with E-state index in [0.717, 1.165) is 0 Å². The second-order valence-corrected chi connectivity index (χ2v) is 6.26. The number of ether oxygens (including phenoxy) is 1. The van der Waals surface area contributed by atoms with Gasteiger partial charge >= 0.3 is 12.0 Å². The molecule has 2 aliphatic rings. The van der Waals surface area contributed by atoms with Crippen LogP contribution in [0.15, 0.2) is 39.1 Å². The van der Waals surface area contributed by atoms with E-state index in [9.17, 15) is 9.59 Å². The lowest BCUT2D eigenvalue weighted by Crippen LogP contribution is -2.59. The van der Waals surface area contributed by atoms with Crippen LogP contribution in [-0.4, -0.2) is 66.7 Å². The van der Waals surface area contributed by atoms with Crippen LogP contribution >= 0.6 is 0 Å². The number of hydrogen-bond acceptors (Lipinski definition) is 7. The van der Waals surface area contributed by atoms with Crippen molar-refractivity contribution in [2.24, 2.45) is 4.99 Å². The molecule has 1 aromatic heterocycles. The summed E-state index contributed by atoms with van der Waals surface area (Å²) in [6.45, 7) is 4.63. The second-order valence-electron chi connectivity index (χ2n) is 6.26. The van der Waals surface area contributed by atoms with Gasteiger partial charge in [-0.25, -0.2) is 14.6 Å². The number of aliphatic imine (C=N–C) groups is 1. The van der Waals surface area contributed by atoms with E-state index in [4.69, 9.17) is 14.1 Å². The third-order valence-corrected chi connectivity index (χ3v) is 4.25. The lowest BCUT2D eigenvalue weighted by Gasteiger charge is -2.41. The van der Waals surface area contributed by atoms with Crippen molar-refractivity contribution >= 4 is 18.0 Å². The quantitative estimate of drug-likeness (QED) is 0.817. The maximum atomic E-state index is 12.4. The van der Waals surface area contributed by atoms with Gasteiger partial charge < -0.3 is 29.2 Å². The predicted octanol–water partition coefficient (Wildman–Crippen LogP) is 1.33. The zero-order chi connectivity index (χ0) is 18.8. The second kappa shape index (κ2) is 7.11. The summed E-state index contributed by atoms with van der Waals surface area (Å²) in [5.74, 6) is 0.703. The Balaban J connectivity index is 1.93. The molecular weight excluding hydrogens is 338 g/mol. The molecule has 1 atom stereocenters. The molecule has 0 saturated carbocycles. The summed E-state index contributed by atoms with van der Waals surface area (Å²) in [7, 11) is 3.45. The first-order chi connectivity index (χ1) is 12.4. The van der Waals surface area contributed by atoms with E-state index in [2.05, 4.69) is 5.32 Å². The molecule has 3 rings (SSSR count). The first-order valence-electron chi connectivity index (χ1n) is 8.39. The van der Waals surface area contributed by atoms with Gasteiger partial charge in [0.25, 0.3) is 0 Å². The molecule has 9 heteroatoms. The number of carbonyl (C=O) groups is 2. The minimum atomic E-state index is -0.603. The minimum Gasteiger partial charge on any atom is -0.467 e. The third-order valence-electron chi connectivity index (χ3n) is 4.25. The van der Waals surface area contributed by atoms with E-state index in [1.165, 1.54) is 0 Å². The van der Waals surface area contributed by atoms with Crippen LogP contribution in [0.5, 0.6) is 0 Å². The molecule has 1 N–H and O–H groups in total. The molecule has 0 aromatic carbocycles. The van der Waals surface area contributed by atoms with Crippen molar-refractivity contribution in [3.63, 3.8) is 0 Å². The molecule has 3 heterocycles. The van der Waals surface area contributed by atoms with Gasteiger partial charge in [-0.05, 0) is 26.0 Å². The van der Waals surface area contributed by atoms with Crippen LogP contribution in [0, 0.1) is 0 Å². The molecule has 26 heavy (non-hydrogen) atoms. The van der Waals surface area contributed by atoms with Crippen molar-refractivity contribution in [1.82, 2.24) is 20.0 Å². The van der Waals surface area contributed by atoms with Gasteiger partial charge in [0, 0.05) is 19.8 Å². The SMILES string of the molecule is CCOC(=O)C1=C(C)NC(N2CN(C)C(=O)N(C)C2)=NC1c1ccco1. The summed E-state index contributed by atoms with van der Waals surface area (Å²) in [5.41, 5.74) is 1.07. The van der Waals surface area contributed by atoms with Crippen molar-refractivity contribution in [1.29, 1.82) is 0 Å². The molecule has 9 nitrogen and oxygen atoms in total. The van der Waals surface area contributed by atoms with Crippen molar-refractivity contribution in [3.05, 3.63) is 35.4 Å². The molecule has 1 saturated heterocycles. The van der Waals surface area contributed by atoms with Gasteiger partial charge in [0.05, 0.1) is 31.8 Å². The number of carbonyl (C=O) groups excluding carboxylic acids is 2. The molecule has 1 unspecified atom stereocenters. The molecule has 2 amide bonds. The van der Waals surface area contributed by atoms with Crippen LogP contribution in [-0.2, 0) is 9.53 Å². The predicted molar refractivity (Wildman–Crippen MR) is 93.8 cm³/mol. The van der Waals surface area contributed by atoms with Crippen molar-refractivity contribution in [2.45, 2.75) is 19.9 Å². The number of rotatable bonds is 3. The van der Waals surface area contributed by atoms with Crippen LogP contribution in [0.25, 0.3) is 0 Å². The molecule has 0 radical (unpaired) electrons. The number of nitrogens with one attached hydrogen (secondary N) is 1. The van der Waals surface area contributed by atoms with Crippen molar-refractivity contribution in [2.75, 3.05) is 34.0 Å². The Bertz CT molecular complexity index is 741. The maximum absolute atomic E-state index is 12.4. The zero-order valence-electron chi connectivity index (χ0n) is 15.4. The molecule has 0 bridgehead atoms. The molecule has 1 aromatic rings. The lowest BCUT2D eigenvalue weighted by atomic mass is 10.0. The van der Waals surface area contributed by atoms with Crippen LogP contribution in [0.2, 0.25) is 0 Å². The summed E-state index contributed by atoms with van der Waals surface area (Å²) in [6, 6.07) is 2.88. The van der Waals surface area contributed by atoms with Gasteiger partial charge in [-0.2, -0.15) is 0 Å². The van der Waals surface area contributed by atoms with Gasteiger partial charge in [-0.15, -0.1) is 0 Å². The monoisotopic (exact) mass is 361 g/mol. The topological polar surface area (TPSA) is 90.6 Å². The Morgan fingerprint density at radius 2 is 2.08 bits per heavy atom. The van der Waals surface area contributed by atoms with Crippen LogP contribution in [0.4, 0.5) is 4.79 Å². The first-order valence-corrected chi connectivity index (χ1v) is 8.39. The van der Waals surface area contributed by atoms with E-state index in [-0.39, 0.29) is 12.6 Å². The van der Waals surface area contributed by atoms with E-state index in [1.54, 1.807) is 56.1 Å². The maximum Gasteiger partial charge on any atom is 0.338 e. The Morgan fingerprint density at radius 3 is 2.65 bits per heavy atom. The van der Waals surface area contributed by atoms with E-state index < -0.39 is 12.0 Å². The minimum absolute atomic E-state index is 0.0558.